The molecule has 130 valence electrons. The minimum absolute atomic E-state index is 0.653. The SMILES string of the molecule is COc1ccc(-c2nnc3ccc(-c4ccc(C)nc4)cn23)cc1OC. The van der Waals surface area contributed by atoms with E-state index < -0.39 is 0 Å². The van der Waals surface area contributed by atoms with Gasteiger partial charge in [0, 0.05) is 34.8 Å². The van der Waals surface area contributed by atoms with E-state index in [9.17, 15) is 0 Å². The van der Waals surface area contributed by atoms with E-state index in [-0.39, 0.29) is 0 Å². The Balaban J connectivity index is 1.83. The maximum Gasteiger partial charge on any atom is 0.168 e. The zero-order valence-electron chi connectivity index (χ0n) is 14.8. The van der Waals surface area contributed by atoms with Crippen molar-refractivity contribution in [3.05, 3.63) is 60.6 Å². The molecule has 0 bridgehead atoms. The highest BCUT2D eigenvalue weighted by molar-refractivity contribution is 5.68. The Hall–Kier alpha value is -3.41. The molecule has 6 nitrogen and oxygen atoms in total. The van der Waals surface area contributed by atoms with Gasteiger partial charge in [0.15, 0.2) is 23.0 Å². The predicted octanol–water partition coefficient (Wildman–Crippen LogP) is 3.78. The molecule has 0 spiro atoms. The third kappa shape index (κ3) is 2.75. The largest absolute Gasteiger partial charge is 0.493 e. The highest BCUT2D eigenvalue weighted by Gasteiger charge is 2.12. The van der Waals surface area contributed by atoms with Crippen LogP contribution in [0.1, 0.15) is 5.69 Å². The maximum atomic E-state index is 5.40. The average molecular weight is 346 g/mol. The topological polar surface area (TPSA) is 61.5 Å². The van der Waals surface area contributed by atoms with Crippen molar-refractivity contribution in [2.75, 3.05) is 14.2 Å². The molecule has 0 aliphatic carbocycles. The molecule has 0 atom stereocenters. The summed E-state index contributed by atoms with van der Waals surface area (Å²) in [5.41, 5.74) is 4.76. The molecule has 0 saturated heterocycles. The molecule has 26 heavy (non-hydrogen) atoms. The third-order valence-electron chi connectivity index (χ3n) is 4.29. The van der Waals surface area contributed by atoms with Gasteiger partial charge in [0.05, 0.1) is 14.2 Å². The molecule has 0 aliphatic rings. The van der Waals surface area contributed by atoms with Crippen molar-refractivity contribution in [1.29, 1.82) is 0 Å². The molecule has 3 aromatic heterocycles. The fourth-order valence-corrected chi connectivity index (χ4v) is 2.87. The average Bonchev–Trinajstić information content (AvgIpc) is 3.11. The number of rotatable bonds is 4. The van der Waals surface area contributed by atoms with Gasteiger partial charge in [0.25, 0.3) is 0 Å². The minimum Gasteiger partial charge on any atom is -0.493 e. The number of aromatic nitrogens is 4. The summed E-state index contributed by atoms with van der Waals surface area (Å²) in [4.78, 5) is 4.37. The molecule has 0 aliphatic heterocycles. The van der Waals surface area contributed by atoms with Gasteiger partial charge in [-0.3, -0.25) is 9.38 Å². The van der Waals surface area contributed by atoms with Gasteiger partial charge in [-0.05, 0) is 43.3 Å². The second-order valence-electron chi connectivity index (χ2n) is 5.93. The summed E-state index contributed by atoms with van der Waals surface area (Å²) in [7, 11) is 3.23. The van der Waals surface area contributed by atoms with Crippen LogP contribution >= 0.6 is 0 Å². The van der Waals surface area contributed by atoms with Gasteiger partial charge in [-0.25, -0.2) is 0 Å². The molecule has 3 heterocycles. The zero-order chi connectivity index (χ0) is 18.1. The van der Waals surface area contributed by atoms with Gasteiger partial charge in [-0.2, -0.15) is 0 Å². The molecule has 6 heteroatoms. The Morgan fingerprint density at radius 1 is 0.808 bits per heavy atom. The number of pyridine rings is 2. The fourth-order valence-electron chi connectivity index (χ4n) is 2.87. The van der Waals surface area contributed by atoms with Crippen LogP contribution in [0.3, 0.4) is 0 Å². The van der Waals surface area contributed by atoms with E-state index in [1.165, 1.54) is 0 Å². The number of methoxy groups -OCH3 is 2. The second-order valence-corrected chi connectivity index (χ2v) is 5.93. The monoisotopic (exact) mass is 346 g/mol. The molecular formula is C20H18N4O2. The molecule has 4 rings (SSSR count). The van der Waals surface area contributed by atoms with E-state index in [2.05, 4.69) is 21.2 Å². The van der Waals surface area contributed by atoms with Gasteiger partial charge < -0.3 is 9.47 Å². The number of fused-ring (bicyclic) bond motifs is 1. The van der Waals surface area contributed by atoms with Crippen LogP contribution in [-0.2, 0) is 0 Å². The van der Waals surface area contributed by atoms with Crippen LogP contribution in [-0.4, -0.2) is 33.8 Å². The Kier molecular flexibility index (Phi) is 4.01. The summed E-state index contributed by atoms with van der Waals surface area (Å²) in [5, 5.41) is 8.61. The zero-order valence-corrected chi connectivity index (χ0v) is 14.8. The Morgan fingerprint density at radius 3 is 2.31 bits per heavy atom. The first-order chi connectivity index (χ1) is 12.7. The van der Waals surface area contributed by atoms with Crippen LogP contribution in [0, 0.1) is 6.92 Å². The molecule has 0 unspecified atom stereocenters. The summed E-state index contributed by atoms with van der Waals surface area (Å²) in [6, 6.07) is 13.7. The highest BCUT2D eigenvalue weighted by Crippen LogP contribution is 2.32. The van der Waals surface area contributed by atoms with E-state index in [1.54, 1.807) is 14.2 Å². The lowest BCUT2D eigenvalue weighted by molar-refractivity contribution is 0.355. The maximum absolute atomic E-state index is 5.40. The minimum atomic E-state index is 0.653. The second kappa shape index (κ2) is 6.48. The Labute approximate surface area is 151 Å². The number of hydrogen-bond acceptors (Lipinski definition) is 5. The molecule has 0 saturated carbocycles. The van der Waals surface area contributed by atoms with Crippen molar-refractivity contribution in [3.63, 3.8) is 0 Å². The van der Waals surface area contributed by atoms with Crippen molar-refractivity contribution in [3.8, 4) is 34.0 Å². The summed E-state index contributed by atoms with van der Waals surface area (Å²) in [6.07, 6.45) is 3.89. The van der Waals surface area contributed by atoms with E-state index in [4.69, 9.17) is 9.47 Å². The van der Waals surface area contributed by atoms with Crippen molar-refractivity contribution >= 4 is 5.65 Å². The van der Waals surface area contributed by atoms with E-state index in [1.807, 2.05) is 60.1 Å². The van der Waals surface area contributed by atoms with Gasteiger partial charge in [-0.15, -0.1) is 10.2 Å². The summed E-state index contributed by atoms with van der Waals surface area (Å²) in [5.74, 6) is 2.07. The fraction of sp³-hybridized carbons (Fsp3) is 0.150. The van der Waals surface area contributed by atoms with E-state index >= 15 is 0 Å². The van der Waals surface area contributed by atoms with E-state index in [0.717, 1.165) is 33.9 Å². The molecule has 4 aromatic rings. The normalized spacial score (nSPS) is 10.9. The first kappa shape index (κ1) is 16.1. The smallest absolute Gasteiger partial charge is 0.168 e. The van der Waals surface area contributed by atoms with Crippen LogP contribution in [0.4, 0.5) is 0 Å². The van der Waals surface area contributed by atoms with Crippen LogP contribution in [0.15, 0.2) is 54.9 Å². The van der Waals surface area contributed by atoms with Crippen molar-refractivity contribution in [2.24, 2.45) is 0 Å². The first-order valence-electron chi connectivity index (χ1n) is 8.20. The summed E-state index contributed by atoms with van der Waals surface area (Å²) in [6.45, 7) is 1.97. The van der Waals surface area contributed by atoms with E-state index in [0.29, 0.717) is 11.5 Å². The highest BCUT2D eigenvalue weighted by atomic mass is 16.5. The summed E-state index contributed by atoms with van der Waals surface area (Å²) >= 11 is 0. The first-order valence-corrected chi connectivity index (χ1v) is 8.20. The predicted molar refractivity (Wildman–Crippen MR) is 99.5 cm³/mol. The summed E-state index contributed by atoms with van der Waals surface area (Å²) < 4.78 is 12.7. The lowest BCUT2D eigenvalue weighted by atomic mass is 10.1. The number of ether oxygens (including phenoxy) is 2. The molecular weight excluding hydrogens is 328 g/mol. The van der Waals surface area contributed by atoms with Crippen LogP contribution in [0.25, 0.3) is 28.2 Å². The number of nitrogens with zero attached hydrogens (tertiary/aromatic N) is 4. The quantitative estimate of drug-likeness (QED) is 0.563. The van der Waals surface area contributed by atoms with Crippen LogP contribution in [0.5, 0.6) is 11.5 Å². The lowest BCUT2D eigenvalue weighted by Gasteiger charge is -2.09. The molecule has 0 amide bonds. The van der Waals surface area contributed by atoms with Gasteiger partial charge in [0.1, 0.15) is 0 Å². The van der Waals surface area contributed by atoms with Gasteiger partial charge in [0.2, 0.25) is 0 Å². The molecule has 0 fully saturated rings. The molecule has 1 aromatic carbocycles. The van der Waals surface area contributed by atoms with Crippen molar-refractivity contribution in [2.45, 2.75) is 6.92 Å². The number of benzene rings is 1. The van der Waals surface area contributed by atoms with Gasteiger partial charge in [-0.1, -0.05) is 6.07 Å². The van der Waals surface area contributed by atoms with Gasteiger partial charge >= 0.3 is 0 Å². The van der Waals surface area contributed by atoms with Crippen LogP contribution < -0.4 is 9.47 Å². The van der Waals surface area contributed by atoms with Crippen LogP contribution in [0.2, 0.25) is 0 Å². The number of aryl methyl sites for hydroxylation is 1. The molecule has 0 N–H and O–H groups in total. The lowest BCUT2D eigenvalue weighted by Crippen LogP contribution is -1.94. The number of hydrogen-bond donors (Lipinski definition) is 0. The van der Waals surface area contributed by atoms with Crippen molar-refractivity contribution in [1.82, 2.24) is 19.6 Å². The molecule has 0 radical (unpaired) electrons. The van der Waals surface area contributed by atoms with Crippen molar-refractivity contribution < 1.29 is 9.47 Å². The Bertz CT molecular complexity index is 1070. The third-order valence-corrected chi connectivity index (χ3v) is 4.29. The standard InChI is InChI=1S/C20H18N4O2/c1-13-4-5-15(11-21-13)16-7-9-19-22-23-20(24(19)12-16)14-6-8-17(25-2)18(10-14)26-3/h4-12H,1-3H3. The Morgan fingerprint density at radius 2 is 1.58 bits per heavy atom.